The molecule has 1 atom stereocenters. The van der Waals surface area contributed by atoms with Crippen LogP contribution in [0.4, 0.5) is 0 Å². The number of hydrogen-bond donors (Lipinski definition) is 1. The number of hydrogen-bond acceptors (Lipinski definition) is 2. The van der Waals surface area contributed by atoms with E-state index in [1.54, 1.807) is 0 Å². The zero-order chi connectivity index (χ0) is 14.0. The van der Waals surface area contributed by atoms with Crippen LogP contribution >= 0.6 is 0 Å². The summed E-state index contributed by atoms with van der Waals surface area (Å²) in [6, 6.07) is 0.572. The first-order valence-electron chi connectivity index (χ1n) is 8.71. The monoisotopic (exact) mass is 278 g/mol. The Balaban J connectivity index is 1.64. The van der Waals surface area contributed by atoms with Gasteiger partial charge in [-0.3, -0.25) is 4.79 Å². The molecule has 0 aromatic rings. The van der Waals surface area contributed by atoms with Gasteiger partial charge in [-0.2, -0.15) is 0 Å². The first-order chi connectivity index (χ1) is 9.69. The normalized spacial score (nSPS) is 29.9. The van der Waals surface area contributed by atoms with E-state index in [1.807, 2.05) is 0 Å². The van der Waals surface area contributed by atoms with Gasteiger partial charge in [-0.1, -0.05) is 26.2 Å². The van der Waals surface area contributed by atoms with Gasteiger partial charge in [0, 0.05) is 18.0 Å². The molecule has 0 aromatic carbocycles. The van der Waals surface area contributed by atoms with E-state index in [2.05, 4.69) is 17.1 Å². The fourth-order valence-electron chi connectivity index (χ4n) is 4.03. The molecule has 0 aromatic heterocycles. The zero-order valence-electron chi connectivity index (χ0n) is 13.0. The summed E-state index contributed by atoms with van der Waals surface area (Å²) in [6.07, 6.45) is 11.1. The Morgan fingerprint density at radius 1 is 1.15 bits per heavy atom. The molecular weight excluding hydrogens is 248 g/mol. The average Bonchev–Trinajstić information content (AvgIpc) is 3.30. The zero-order valence-corrected chi connectivity index (χ0v) is 13.0. The summed E-state index contributed by atoms with van der Waals surface area (Å²) < 4.78 is 0. The van der Waals surface area contributed by atoms with E-state index in [0.29, 0.717) is 17.9 Å². The fraction of sp³-hybridized carbons (Fsp3) is 0.941. The van der Waals surface area contributed by atoms with Crippen molar-refractivity contribution in [3.63, 3.8) is 0 Å². The Hall–Kier alpha value is -0.570. The van der Waals surface area contributed by atoms with Gasteiger partial charge >= 0.3 is 0 Å². The second-order valence-corrected chi connectivity index (χ2v) is 7.52. The van der Waals surface area contributed by atoms with Crippen LogP contribution in [-0.4, -0.2) is 36.5 Å². The molecule has 20 heavy (non-hydrogen) atoms. The molecule has 3 fully saturated rings. The van der Waals surface area contributed by atoms with Crippen LogP contribution in [0.3, 0.4) is 0 Å². The number of piperidine rings is 1. The molecule has 0 spiro atoms. The van der Waals surface area contributed by atoms with Crippen molar-refractivity contribution in [2.24, 2.45) is 11.3 Å². The van der Waals surface area contributed by atoms with Crippen molar-refractivity contribution in [3.8, 4) is 0 Å². The van der Waals surface area contributed by atoms with Crippen LogP contribution in [0.25, 0.3) is 0 Å². The minimum Gasteiger partial charge on any atom is -0.339 e. The van der Waals surface area contributed by atoms with E-state index >= 15 is 0 Å². The highest BCUT2D eigenvalue weighted by Crippen LogP contribution is 2.40. The number of amides is 1. The summed E-state index contributed by atoms with van der Waals surface area (Å²) in [7, 11) is 0. The van der Waals surface area contributed by atoms with Crippen molar-refractivity contribution in [1.82, 2.24) is 10.2 Å². The summed E-state index contributed by atoms with van der Waals surface area (Å²) in [5.74, 6) is 1.16. The highest BCUT2D eigenvalue weighted by molar-refractivity contribution is 5.83. The summed E-state index contributed by atoms with van der Waals surface area (Å²) in [5, 5.41) is 3.49. The lowest BCUT2D eigenvalue weighted by molar-refractivity contribution is -0.144. The molecule has 1 N–H and O–H groups in total. The van der Waals surface area contributed by atoms with Crippen molar-refractivity contribution in [2.75, 3.05) is 19.6 Å². The van der Waals surface area contributed by atoms with Crippen molar-refractivity contribution in [2.45, 2.75) is 70.8 Å². The van der Waals surface area contributed by atoms with Crippen LogP contribution < -0.4 is 5.32 Å². The van der Waals surface area contributed by atoms with Crippen LogP contribution in [0, 0.1) is 11.3 Å². The molecule has 2 saturated carbocycles. The Morgan fingerprint density at radius 2 is 1.90 bits per heavy atom. The second kappa shape index (κ2) is 6.05. The number of rotatable bonds is 4. The smallest absolute Gasteiger partial charge is 0.228 e. The average molecular weight is 278 g/mol. The van der Waals surface area contributed by atoms with Crippen LogP contribution in [0.1, 0.15) is 64.7 Å². The Bertz CT molecular complexity index is 339. The molecule has 1 unspecified atom stereocenters. The Morgan fingerprint density at radius 3 is 2.50 bits per heavy atom. The lowest BCUT2D eigenvalue weighted by Crippen LogP contribution is -2.48. The second-order valence-electron chi connectivity index (χ2n) is 7.52. The molecular formula is C17H30N2O. The van der Waals surface area contributed by atoms with Crippen LogP contribution in [0.15, 0.2) is 0 Å². The highest BCUT2D eigenvalue weighted by atomic mass is 16.2. The molecule has 3 heteroatoms. The third kappa shape index (κ3) is 3.19. The molecule has 2 aliphatic carbocycles. The number of nitrogens with zero attached hydrogens (tertiary/aromatic N) is 1. The fourth-order valence-corrected chi connectivity index (χ4v) is 4.03. The van der Waals surface area contributed by atoms with Gasteiger partial charge in [0.1, 0.15) is 0 Å². The minimum absolute atomic E-state index is 0.0526. The van der Waals surface area contributed by atoms with Crippen molar-refractivity contribution in [1.29, 1.82) is 0 Å². The molecule has 0 bridgehead atoms. The van der Waals surface area contributed by atoms with Gasteiger partial charge in [0.2, 0.25) is 5.91 Å². The van der Waals surface area contributed by atoms with Gasteiger partial charge in [-0.15, -0.1) is 0 Å². The predicted octanol–water partition coefficient (Wildman–Crippen LogP) is 2.95. The lowest BCUT2D eigenvalue weighted by atomic mass is 9.74. The highest BCUT2D eigenvalue weighted by Gasteiger charge is 2.43. The van der Waals surface area contributed by atoms with Crippen LogP contribution in [0.2, 0.25) is 0 Å². The van der Waals surface area contributed by atoms with Crippen LogP contribution in [0.5, 0.6) is 0 Å². The number of carbonyl (C=O) groups is 1. The Labute approximate surface area is 123 Å². The Kier molecular flexibility index (Phi) is 4.34. The van der Waals surface area contributed by atoms with E-state index in [1.165, 1.54) is 44.9 Å². The maximum absolute atomic E-state index is 13.1. The van der Waals surface area contributed by atoms with E-state index < -0.39 is 0 Å². The van der Waals surface area contributed by atoms with Gasteiger partial charge in [0.05, 0.1) is 0 Å². The quantitative estimate of drug-likeness (QED) is 0.857. The number of nitrogens with one attached hydrogen (secondary N) is 1. The molecule has 1 amide bonds. The standard InChI is InChI=1S/C17H30N2O/c1-17(9-3-2-4-10-17)16(20)19(15-7-8-15)13-14-6-5-11-18-12-14/h14-15,18H,2-13H2,1H3. The van der Waals surface area contributed by atoms with Gasteiger partial charge in [0.15, 0.2) is 0 Å². The molecule has 3 rings (SSSR count). The summed E-state index contributed by atoms with van der Waals surface area (Å²) in [5.41, 5.74) is -0.0526. The van der Waals surface area contributed by atoms with E-state index in [0.717, 1.165) is 32.5 Å². The first kappa shape index (κ1) is 14.4. The maximum Gasteiger partial charge on any atom is 0.228 e. The molecule has 3 nitrogen and oxygen atoms in total. The first-order valence-corrected chi connectivity index (χ1v) is 8.71. The van der Waals surface area contributed by atoms with E-state index in [-0.39, 0.29) is 5.41 Å². The van der Waals surface area contributed by atoms with E-state index in [9.17, 15) is 4.79 Å². The summed E-state index contributed by atoms with van der Waals surface area (Å²) in [4.78, 5) is 15.4. The molecule has 1 saturated heterocycles. The topological polar surface area (TPSA) is 32.3 Å². The van der Waals surface area contributed by atoms with Gasteiger partial charge in [-0.25, -0.2) is 0 Å². The van der Waals surface area contributed by atoms with Gasteiger partial charge in [0.25, 0.3) is 0 Å². The number of carbonyl (C=O) groups excluding carboxylic acids is 1. The third-order valence-electron chi connectivity index (χ3n) is 5.58. The SMILES string of the molecule is CC1(C(=O)N(CC2CCCNC2)C2CC2)CCCCC1. The summed E-state index contributed by atoms with van der Waals surface area (Å²) in [6.45, 7) is 5.49. The van der Waals surface area contributed by atoms with Crippen molar-refractivity contribution in [3.05, 3.63) is 0 Å². The molecule has 3 aliphatic rings. The lowest BCUT2D eigenvalue weighted by Gasteiger charge is -2.39. The maximum atomic E-state index is 13.1. The molecule has 1 heterocycles. The van der Waals surface area contributed by atoms with Crippen molar-refractivity contribution < 1.29 is 4.79 Å². The van der Waals surface area contributed by atoms with Crippen molar-refractivity contribution >= 4 is 5.91 Å². The largest absolute Gasteiger partial charge is 0.339 e. The summed E-state index contributed by atoms with van der Waals surface area (Å²) >= 11 is 0. The van der Waals surface area contributed by atoms with E-state index in [4.69, 9.17) is 0 Å². The van der Waals surface area contributed by atoms with Gasteiger partial charge < -0.3 is 10.2 Å². The molecule has 1 aliphatic heterocycles. The van der Waals surface area contributed by atoms with Crippen LogP contribution in [-0.2, 0) is 4.79 Å². The molecule has 114 valence electrons. The predicted molar refractivity (Wildman–Crippen MR) is 81.5 cm³/mol. The minimum atomic E-state index is -0.0526. The van der Waals surface area contributed by atoms with Gasteiger partial charge in [-0.05, 0) is 57.5 Å². The third-order valence-corrected chi connectivity index (χ3v) is 5.58. The molecule has 0 radical (unpaired) electrons.